The fraction of sp³-hybridized carbons (Fsp3) is 0.909. The highest BCUT2D eigenvalue weighted by Crippen LogP contribution is 2.49. The van der Waals surface area contributed by atoms with Crippen molar-refractivity contribution in [1.29, 1.82) is 0 Å². The van der Waals surface area contributed by atoms with E-state index in [2.05, 4.69) is 4.90 Å². The number of carbonyl (C=O) groups is 1. The first kappa shape index (κ1) is 10.9. The normalized spacial score (nSPS) is 29.3. The Balaban J connectivity index is 1.80. The molecule has 1 heterocycles. The molecule has 0 spiro atoms. The van der Waals surface area contributed by atoms with Crippen molar-refractivity contribution in [3.63, 3.8) is 0 Å². The average molecular weight is 211 g/mol. The van der Waals surface area contributed by atoms with Gasteiger partial charge in [0.1, 0.15) is 0 Å². The lowest BCUT2D eigenvalue weighted by Gasteiger charge is -2.22. The van der Waals surface area contributed by atoms with Crippen molar-refractivity contribution in [3.8, 4) is 0 Å². The maximum Gasteiger partial charge on any atom is 0.221 e. The van der Waals surface area contributed by atoms with E-state index < -0.39 is 0 Å². The van der Waals surface area contributed by atoms with Gasteiger partial charge in [-0.2, -0.15) is 0 Å². The van der Waals surface area contributed by atoms with Crippen LogP contribution in [0.4, 0.5) is 0 Å². The summed E-state index contributed by atoms with van der Waals surface area (Å²) in [6.07, 6.45) is 4.68. The third-order valence-electron chi connectivity index (χ3n) is 3.87. The minimum absolute atomic E-state index is 0.0821. The highest BCUT2D eigenvalue weighted by Gasteiger charge is 2.44. The summed E-state index contributed by atoms with van der Waals surface area (Å²) in [5.74, 6) is -0.0557. The van der Waals surface area contributed by atoms with E-state index in [0.29, 0.717) is 5.41 Å². The van der Waals surface area contributed by atoms with Crippen LogP contribution in [-0.2, 0) is 4.79 Å². The molecular weight excluding hydrogens is 190 g/mol. The fourth-order valence-electron chi connectivity index (χ4n) is 2.65. The van der Waals surface area contributed by atoms with E-state index in [1.807, 2.05) is 0 Å². The second-order valence-corrected chi connectivity index (χ2v) is 5.16. The zero-order chi connectivity index (χ0) is 10.9. The fourth-order valence-corrected chi connectivity index (χ4v) is 2.65. The Labute approximate surface area is 91.0 Å². The minimum Gasteiger partial charge on any atom is -0.369 e. The van der Waals surface area contributed by atoms with Gasteiger partial charge >= 0.3 is 0 Å². The van der Waals surface area contributed by atoms with E-state index in [1.165, 1.54) is 12.8 Å². The number of likely N-dealkylation sites (tertiary alicyclic amines) is 1. The van der Waals surface area contributed by atoms with Crippen LogP contribution < -0.4 is 11.5 Å². The summed E-state index contributed by atoms with van der Waals surface area (Å²) in [7, 11) is 0. The monoisotopic (exact) mass is 211 g/mol. The number of hydrogen-bond donors (Lipinski definition) is 2. The maximum atomic E-state index is 11.0. The Morgan fingerprint density at radius 3 is 2.67 bits per heavy atom. The van der Waals surface area contributed by atoms with Gasteiger partial charge in [0.05, 0.1) is 5.92 Å². The SMILES string of the molecule is NCCC1(CN2CCC(C(N)=O)C2)CC1. The van der Waals surface area contributed by atoms with Crippen molar-refractivity contribution in [1.82, 2.24) is 4.90 Å². The van der Waals surface area contributed by atoms with Gasteiger partial charge in [0.15, 0.2) is 0 Å². The second-order valence-electron chi connectivity index (χ2n) is 5.16. The maximum absolute atomic E-state index is 11.0. The van der Waals surface area contributed by atoms with E-state index >= 15 is 0 Å². The Morgan fingerprint density at radius 1 is 1.47 bits per heavy atom. The van der Waals surface area contributed by atoms with Crippen LogP contribution >= 0.6 is 0 Å². The van der Waals surface area contributed by atoms with Crippen LogP contribution in [-0.4, -0.2) is 37.0 Å². The number of nitrogens with two attached hydrogens (primary N) is 2. The lowest BCUT2D eigenvalue weighted by atomic mass is 10.0. The molecular formula is C11H21N3O. The molecule has 0 aromatic rings. The van der Waals surface area contributed by atoms with Crippen LogP contribution in [0, 0.1) is 11.3 Å². The van der Waals surface area contributed by atoms with Crippen LogP contribution in [0.15, 0.2) is 0 Å². The predicted octanol–water partition coefficient (Wildman–Crippen LogP) is -0.0774. The highest BCUT2D eigenvalue weighted by atomic mass is 16.1. The third-order valence-corrected chi connectivity index (χ3v) is 3.87. The predicted molar refractivity (Wildman–Crippen MR) is 59.1 cm³/mol. The molecule has 4 heteroatoms. The Bertz CT molecular complexity index is 250. The zero-order valence-electron chi connectivity index (χ0n) is 9.24. The molecule has 0 radical (unpaired) electrons. The molecule has 1 aliphatic carbocycles. The van der Waals surface area contributed by atoms with Gasteiger partial charge in [-0.05, 0) is 44.2 Å². The molecule has 15 heavy (non-hydrogen) atoms. The summed E-state index contributed by atoms with van der Waals surface area (Å²) < 4.78 is 0. The molecule has 0 bridgehead atoms. The summed E-state index contributed by atoms with van der Waals surface area (Å²) in [4.78, 5) is 13.4. The number of primary amides is 1. The lowest BCUT2D eigenvalue weighted by Crippen LogP contribution is -2.32. The van der Waals surface area contributed by atoms with E-state index in [4.69, 9.17) is 11.5 Å². The first-order valence-corrected chi connectivity index (χ1v) is 5.87. The van der Waals surface area contributed by atoms with Gasteiger partial charge < -0.3 is 16.4 Å². The van der Waals surface area contributed by atoms with Crippen LogP contribution in [0.2, 0.25) is 0 Å². The van der Waals surface area contributed by atoms with Crippen LogP contribution in [0.3, 0.4) is 0 Å². The Morgan fingerprint density at radius 2 is 2.20 bits per heavy atom. The molecule has 86 valence electrons. The molecule has 4 N–H and O–H groups in total. The van der Waals surface area contributed by atoms with Crippen molar-refractivity contribution in [2.75, 3.05) is 26.2 Å². The van der Waals surface area contributed by atoms with Gasteiger partial charge in [-0.25, -0.2) is 0 Å². The summed E-state index contributed by atoms with van der Waals surface area (Å²) in [5, 5.41) is 0. The van der Waals surface area contributed by atoms with E-state index in [1.54, 1.807) is 0 Å². The van der Waals surface area contributed by atoms with Gasteiger partial charge in [-0.3, -0.25) is 4.79 Å². The van der Waals surface area contributed by atoms with Gasteiger partial charge in [-0.15, -0.1) is 0 Å². The number of nitrogens with zero attached hydrogens (tertiary/aromatic N) is 1. The zero-order valence-corrected chi connectivity index (χ0v) is 9.24. The van der Waals surface area contributed by atoms with Crippen molar-refractivity contribution in [3.05, 3.63) is 0 Å². The average Bonchev–Trinajstić information content (AvgIpc) is 2.77. The largest absolute Gasteiger partial charge is 0.369 e. The number of rotatable bonds is 5. The Hall–Kier alpha value is -0.610. The molecule has 1 amide bonds. The van der Waals surface area contributed by atoms with Gasteiger partial charge in [0.2, 0.25) is 5.91 Å². The number of carbonyl (C=O) groups excluding carboxylic acids is 1. The summed E-state index contributed by atoms with van der Waals surface area (Å²) in [6.45, 7) is 3.79. The standard InChI is InChI=1S/C11H21N3O/c12-5-4-11(2-3-11)8-14-6-1-9(7-14)10(13)15/h9H,1-8,12H2,(H2,13,15). The van der Waals surface area contributed by atoms with E-state index in [-0.39, 0.29) is 11.8 Å². The van der Waals surface area contributed by atoms with E-state index in [0.717, 1.165) is 39.0 Å². The van der Waals surface area contributed by atoms with E-state index in [9.17, 15) is 4.79 Å². The molecule has 2 rings (SSSR count). The van der Waals surface area contributed by atoms with Gasteiger partial charge in [0, 0.05) is 13.1 Å². The molecule has 2 fully saturated rings. The van der Waals surface area contributed by atoms with Crippen LogP contribution in [0.1, 0.15) is 25.7 Å². The highest BCUT2D eigenvalue weighted by molar-refractivity contribution is 5.77. The van der Waals surface area contributed by atoms with Gasteiger partial charge in [-0.1, -0.05) is 0 Å². The van der Waals surface area contributed by atoms with Crippen molar-refractivity contribution in [2.45, 2.75) is 25.7 Å². The Kier molecular flexibility index (Phi) is 2.98. The molecule has 1 atom stereocenters. The first-order valence-electron chi connectivity index (χ1n) is 5.87. The topological polar surface area (TPSA) is 72.3 Å². The molecule has 1 unspecified atom stereocenters. The van der Waals surface area contributed by atoms with Crippen LogP contribution in [0.5, 0.6) is 0 Å². The molecule has 0 aromatic heterocycles. The van der Waals surface area contributed by atoms with Gasteiger partial charge in [0.25, 0.3) is 0 Å². The number of amides is 1. The van der Waals surface area contributed by atoms with Crippen molar-refractivity contribution in [2.24, 2.45) is 22.8 Å². The smallest absolute Gasteiger partial charge is 0.221 e. The molecule has 0 aromatic carbocycles. The number of hydrogen-bond acceptors (Lipinski definition) is 3. The summed E-state index contributed by atoms with van der Waals surface area (Å²) in [5.41, 5.74) is 11.4. The minimum atomic E-state index is -0.138. The second kappa shape index (κ2) is 4.10. The van der Waals surface area contributed by atoms with Crippen LogP contribution in [0.25, 0.3) is 0 Å². The molecule has 1 aliphatic heterocycles. The first-order chi connectivity index (χ1) is 7.15. The molecule has 4 nitrogen and oxygen atoms in total. The molecule has 1 saturated heterocycles. The summed E-state index contributed by atoms with van der Waals surface area (Å²) in [6, 6.07) is 0. The van der Waals surface area contributed by atoms with Crippen molar-refractivity contribution >= 4 is 5.91 Å². The lowest BCUT2D eigenvalue weighted by molar-refractivity contribution is -0.121. The molecule has 1 saturated carbocycles. The third kappa shape index (κ3) is 2.49. The molecule has 2 aliphatic rings. The van der Waals surface area contributed by atoms with Crippen molar-refractivity contribution < 1.29 is 4.79 Å². The quantitative estimate of drug-likeness (QED) is 0.668. The summed E-state index contributed by atoms with van der Waals surface area (Å²) >= 11 is 0.